The highest BCUT2D eigenvalue weighted by Gasteiger charge is 2.32. The van der Waals surface area contributed by atoms with Gasteiger partial charge in [-0.1, -0.05) is 23.7 Å². The Morgan fingerprint density at radius 1 is 1.20 bits per heavy atom. The van der Waals surface area contributed by atoms with Crippen molar-refractivity contribution in [1.82, 2.24) is 15.1 Å². The number of rotatable bonds is 7. The molecule has 0 radical (unpaired) electrons. The number of nitro benzene ring substituents is 1. The van der Waals surface area contributed by atoms with E-state index in [1.165, 1.54) is 18.2 Å². The van der Waals surface area contributed by atoms with Gasteiger partial charge in [-0.15, -0.1) is 10.2 Å². The Morgan fingerprint density at radius 2 is 1.93 bits per heavy atom. The fourth-order valence-electron chi connectivity index (χ4n) is 2.95. The van der Waals surface area contributed by atoms with E-state index >= 15 is 0 Å². The van der Waals surface area contributed by atoms with Crippen molar-refractivity contribution in [2.75, 3.05) is 0 Å². The molecule has 1 aromatic heterocycles. The standard InChI is InChI=1S/C21H17ClN4O4/c22-18-4-2-1-3-17(18)21-24-23-19(30-21)13-25(15-10-11-15)20(27)12-7-14-5-8-16(9-6-14)26(28)29/h1-9,12,15H,10-11,13H2/b12-7+. The van der Waals surface area contributed by atoms with Crippen molar-refractivity contribution >= 4 is 29.3 Å². The molecule has 0 spiro atoms. The zero-order valence-corrected chi connectivity index (χ0v) is 16.5. The van der Waals surface area contributed by atoms with Gasteiger partial charge in [0.25, 0.3) is 5.69 Å². The van der Waals surface area contributed by atoms with E-state index in [4.69, 9.17) is 16.0 Å². The first kappa shape index (κ1) is 19.8. The summed E-state index contributed by atoms with van der Waals surface area (Å²) in [4.78, 5) is 24.7. The van der Waals surface area contributed by atoms with Crippen molar-refractivity contribution < 1.29 is 14.1 Å². The lowest BCUT2D eigenvalue weighted by molar-refractivity contribution is -0.384. The maximum Gasteiger partial charge on any atom is 0.269 e. The molecule has 4 rings (SSSR count). The van der Waals surface area contributed by atoms with Crippen LogP contribution in [-0.2, 0) is 11.3 Å². The number of halogens is 1. The highest BCUT2D eigenvalue weighted by Crippen LogP contribution is 2.30. The average Bonchev–Trinajstić information content (AvgIpc) is 3.49. The molecule has 0 N–H and O–H groups in total. The summed E-state index contributed by atoms with van der Waals surface area (Å²) in [5.41, 5.74) is 1.34. The average molecular weight is 425 g/mol. The molecular formula is C21H17ClN4O4. The number of amides is 1. The van der Waals surface area contributed by atoms with Gasteiger partial charge in [0.15, 0.2) is 0 Å². The van der Waals surface area contributed by atoms with Crippen molar-refractivity contribution in [3.8, 4) is 11.5 Å². The lowest BCUT2D eigenvalue weighted by atomic mass is 10.2. The predicted molar refractivity (Wildman–Crippen MR) is 110 cm³/mol. The van der Waals surface area contributed by atoms with E-state index in [9.17, 15) is 14.9 Å². The highest BCUT2D eigenvalue weighted by molar-refractivity contribution is 6.33. The number of nitro groups is 1. The summed E-state index contributed by atoms with van der Waals surface area (Å²) in [7, 11) is 0. The Balaban J connectivity index is 1.46. The summed E-state index contributed by atoms with van der Waals surface area (Å²) in [5.74, 6) is 0.447. The Labute approximate surface area is 176 Å². The SMILES string of the molecule is O=C(/C=C/c1ccc([N+](=O)[O-])cc1)N(Cc1nnc(-c2ccccc2Cl)o1)C1CC1. The third-order valence-electron chi connectivity index (χ3n) is 4.67. The van der Waals surface area contributed by atoms with Crippen LogP contribution < -0.4 is 0 Å². The van der Waals surface area contributed by atoms with Gasteiger partial charge in [0.2, 0.25) is 17.7 Å². The van der Waals surface area contributed by atoms with Crippen molar-refractivity contribution in [2.24, 2.45) is 0 Å². The summed E-state index contributed by atoms with van der Waals surface area (Å²) in [6, 6.07) is 13.3. The molecule has 0 unspecified atom stereocenters. The van der Waals surface area contributed by atoms with E-state index in [0.717, 1.165) is 12.8 Å². The van der Waals surface area contributed by atoms with Crippen LogP contribution in [0.3, 0.4) is 0 Å². The minimum absolute atomic E-state index is 0.00352. The molecule has 1 aliphatic carbocycles. The minimum Gasteiger partial charge on any atom is -0.419 e. The van der Waals surface area contributed by atoms with Gasteiger partial charge >= 0.3 is 0 Å². The Morgan fingerprint density at radius 3 is 2.60 bits per heavy atom. The molecule has 3 aromatic rings. The molecule has 0 aliphatic heterocycles. The molecule has 0 bridgehead atoms. The van der Waals surface area contributed by atoms with Crippen LogP contribution >= 0.6 is 11.6 Å². The van der Waals surface area contributed by atoms with Crippen LogP contribution in [0.5, 0.6) is 0 Å². The molecule has 1 amide bonds. The van der Waals surface area contributed by atoms with E-state index in [1.54, 1.807) is 35.2 Å². The topological polar surface area (TPSA) is 102 Å². The quantitative estimate of drug-likeness (QED) is 0.314. The number of hydrogen-bond donors (Lipinski definition) is 0. The van der Waals surface area contributed by atoms with Gasteiger partial charge in [0, 0.05) is 24.3 Å². The number of hydrogen-bond acceptors (Lipinski definition) is 6. The normalized spacial score (nSPS) is 13.5. The molecule has 8 nitrogen and oxygen atoms in total. The van der Waals surface area contributed by atoms with Crippen LogP contribution in [-0.4, -0.2) is 32.0 Å². The predicted octanol–water partition coefficient (Wildman–Crippen LogP) is 4.50. The second-order valence-electron chi connectivity index (χ2n) is 6.86. The van der Waals surface area contributed by atoms with Crippen molar-refractivity contribution in [3.05, 3.63) is 81.2 Å². The molecule has 0 saturated heterocycles. The van der Waals surface area contributed by atoms with Crippen LogP contribution in [0, 0.1) is 10.1 Å². The van der Waals surface area contributed by atoms with Gasteiger partial charge in [-0.25, -0.2) is 0 Å². The van der Waals surface area contributed by atoms with Gasteiger partial charge in [-0.2, -0.15) is 0 Å². The maximum absolute atomic E-state index is 12.7. The largest absolute Gasteiger partial charge is 0.419 e. The molecule has 1 aliphatic rings. The van der Waals surface area contributed by atoms with Crippen LogP contribution in [0.25, 0.3) is 17.5 Å². The third kappa shape index (κ3) is 4.55. The number of carbonyl (C=O) groups is 1. The van der Waals surface area contributed by atoms with Crippen molar-refractivity contribution in [1.29, 1.82) is 0 Å². The fourth-order valence-corrected chi connectivity index (χ4v) is 3.17. The van der Waals surface area contributed by atoms with Crippen LogP contribution in [0.1, 0.15) is 24.3 Å². The Kier molecular flexibility index (Phi) is 5.58. The van der Waals surface area contributed by atoms with E-state index in [0.29, 0.717) is 27.9 Å². The molecule has 1 saturated carbocycles. The summed E-state index contributed by atoms with van der Waals surface area (Å²) in [6.45, 7) is 0.200. The minimum atomic E-state index is -0.464. The summed E-state index contributed by atoms with van der Waals surface area (Å²) in [5, 5.41) is 19.3. The molecule has 1 heterocycles. The molecule has 30 heavy (non-hydrogen) atoms. The zero-order chi connectivity index (χ0) is 21.1. The highest BCUT2D eigenvalue weighted by atomic mass is 35.5. The van der Waals surface area contributed by atoms with E-state index in [-0.39, 0.29) is 24.2 Å². The van der Waals surface area contributed by atoms with Crippen LogP contribution in [0.15, 0.2) is 59.0 Å². The van der Waals surface area contributed by atoms with Gasteiger partial charge in [0.1, 0.15) is 0 Å². The first-order chi connectivity index (χ1) is 14.5. The molecule has 1 fully saturated rings. The summed E-state index contributed by atoms with van der Waals surface area (Å²) >= 11 is 6.17. The molecule has 152 valence electrons. The molecule has 9 heteroatoms. The number of carbonyl (C=O) groups excluding carboxylic acids is 1. The summed E-state index contributed by atoms with van der Waals surface area (Å²) in [6.07, 6.45) is 4.92. The lowest BCUT2D eigenvalue weighted by Crippen LogP contribution is -2.31. The monoisotopic (exact) mass is 424 g/mol. The van der Waals surface area contributed by atoms with Gasteiger partial charge in [0.05, 0.1) is 22.1 Å². The first-order valence-electron chi connectivity index (χ1n) is 9.31. The lowest BCUT2D eigenvalue weighted by Gasteiger charge is -2.18. The number of aromatic nitrogens is 2. The maximum atomic E-state index is 12.7. The van der Waals surface area contributed by atoms with Crippen molar-refractivity contribution in [3.63, 3.8) is 0 Å². The second kappa shape index (κ2) is 8.46. The van der Waals surface area contributed by atoms with Gasteiger partial charge in [-0.05, 0) is 48.7 Å². The fraction of sp³-hybridized carbons (Fsp3) is 0.190. The van der Waals surface area contributed by atoms with Crippen molar-refractivity contribution in [2.45, 2.75) is 25.4 Å². The molecule has 2 aromatic carbocycles. The Hall–Kier alpha value is -3.52. The first-order valence-corrected chi connectivity index (χ1v) is 9.69. The van der Waals surface area contributed by atoms with Gasteiger partial charge in [-0.3, -0.25) is 14.9 Å². The van der Waals surface area contributed by atoms with E-state index in [2.05, 4.69) is 10.2 Å². The van der Waals surface area contributed by atoms with Crippen LogP contribution in [0.4, 0.5) is 5.69 Å². The van der Waals surface area contributed by atoms with Gasteiger partial charge < -0.3 is 9.32 Å². The number of nitrogens with zero attached hydrogens (tertiary/aromatic N) is 4. The van der Waals surface area contributed by atoms with Crippen LogP contribution in [0.2, 0.25) is 5.02 Å². The number of non-ortho nitro benzene ring substituents is 1. The Bertz CT molecular complexity index is 1110. The molecular weight excluding hydrogens is 408 g/mol. The van der Waals surface area contributed by atoms with E-state index < -0.39 is 4.92 Å². The van der Waals surface area contributed by atoms with E-state index in [1.807, 2.05) is 12.1 Å². The molecule has 0 atom stereocenters. The zero-order valence-electron chi connectivity index (χ0n) is 15.8. The number of benzene rings is 2. The second-order valence-corrected chi connectivity index (χ2v) is 7.27. The third-order valence-corrected chi connectivity index (χ3v) is 5.00. The smallest absolute Gasteiger partial charge is 0.269 e. The summed E-state index contributed by atoms with van der Waals surface area (Å²) < 4.78 is 5.72.